The van der Waals surface area contributed by atoms with Crippen molar-refractivity contribution >= 4 is 17.7 Å². The molecule has 0 saturated carbocycles. The Hall–Kier alpha value is -1.85. The minimum Gasteiger partial charge on any atom is -0.396 e. The maximum Gasteiger partial charge on any atom is 0.237 e. The van der Waals surface area contributed by atoms with Gasteiger partial charge in [0.15, 0.2) is 0 Å². The Balaban J connectivity index is 2.18. The highest BCUT2D eigenvalue weighted by Gasteiger charge is 2.22. The number of benzene rings is 2. The zero-order valence-electron chi connectivity index (χ0n) is 12.0. The van der Waals surface area contributed by atoms with E-state index >= 15 is 0 Å². The van der Waals surface area contributed by atoms with Gasteiger partial charge in [0.25, 0.3) is 0 Å². The van der Waals surface area contributed by atoms with Gasteiger partial charge in [0, 0.05) is 18.0 Å². The Morgan fingerprint density at radius 3 is 2.50 bits per heavy atom. The first-order valence-corrected chi connectivity index (χ1v) is 7.95. The molecule has 1 unspecified atom stereocenters. The molecule has 0 aliphatic heterocycles. The van der Waals surface area contributed by atoms with Gasteiger partial charge < -0.3 is 10.4 Å². The topological polar surface area (TPSA) is 49.3 Å². The van der Waals surface area contributed by atoms with E-state index < -0.39 is 5.25 Å². The average Bonchev–Trinajstić information content (AvgIpc) is 2.55. The Morgan fingerprint density at radius 1 is 1.14 bits per heavy atom. The van der Waals surface area contributed by atoms with Gasteiger partial charge in [-0.1, -0.05) is 42.5 Å². The summed E-state index contributed by atoms with van der Waals surface area (Å²) < 4.78 is 13.9. The van der Waals surface area contributed by atoms with Crippen LogP contribution in [0.5, 0.6) is 0 Å². The predicted molar refractivity (Wildman–Crippen MR) is 86.2 cm³/mol. The van der Waals surface area contributed by atoms with Crippen LogP contribution in [0.25, 0.3) is 0 Å². The molecule has 1 amide bonds. The molecule has 2 N–H and O–H groups in total. The van der Waals surface area contributed by atoms with Gasteiger partial charge in [-0.3, -0.25) is 4.79 Å². The molecule has 5 heteroatoms. The maximum atomic E-state index is 13.9. The van der Waals surface area contributed by atoms with Crippen LogP contribution in [0, 0.1) is 5.82 Å². The van der Waals surface area contributed by atoms with Gasteiger partial charge in [-0.15, -0.1) is 11.8 Å². The van der Waals surface area contributed by atoms with E-state index in [1.165, 1.54) is 17.8 Å². The maximum absolute atomic E-state index is 13.9. The lowest BCUT2D eigenvalue weighted by Crippen LogP contribution is -2.29. The van der Waals surface area contributed by atoms with Crippen LogP contribution < -0.4 is 5.32 Å². The molecule has 0 saturated heterocycles. The first-order chi connectivity index (χ1) is 10.7. The summed E-state index contributed by atoms with van der Waals surface area (Å²) in [7, 11) is 0. The molecular weight excluding hydrogens is 301 g/mol. The Morgan fingerprint density at radius 2 is 1.82 bits per heavy atom. The molecule has 1 atom stereocenters. The fourth-order valence-electron chi connectivity index (χ4n) is 1.95. The molecule has 0 radical (unpaired) electrons. The summed E-state index contributed by atoms with van der Waals surface area (Å²) in [4.78, 5) is 12.8. The number of rotatable bonds is 7. The molecular formula is C17H18FNO2S. The molecule has 0 aromatic heterocycles. The highest BCUT2D eigenvalue weighted by atomic mass is 32.2. The number of aliphatic hydroxyl groups is 1. The van der Waals surface area contributed by atoms with Crippen LogP contribution in [0.4, 0.5) is 4.39 Å². The molecule has 0 bridgehead atoms. The molecule has 116 valence electrons. The van der Waals surface area contributed by atoms with E-state index in [-0.39, 0.29) is 18.3 Å². The van der Waals surface area contributed by atoms with Gasteiger partial charge in [0.2, 0.25) is 5.91 Å². The number of hydrogen-bond acceptors (Lipinski definition) is 3. The van der Waals surface area contributed by atoms with Crippen molar-refractivity contribution in [3.63, 3.8) is 0 Å². The van der Waals surface area contributed by atoms with Crippen LogP contribution in [-0.2, 0) is 4.79 Å². The van der Waals surface area contributed by atoms with Gasteiger partial charge in [-0.25, -0.2) is 4.39 Å². The number of hydrogen-bond donors (Lipinski definition) is 2. The molecule has 0 heterocycles. The summed E-state index contributed by atoms with van der Waals surface area (Å²) in [5.41, 5.74) is 0.817. The first-order valence-electron chi connectivity index (χ1n) is 7.07. The average molecular weight is 319 g/mol. The number of aliphatic hydroxyl groups excluding tert-OH is 1. The molecule has 2 aromatic carbocycles. The fourth-order valence-corrected chi connectivity index (χ4v) is 3.03. The highest BCUT2D eigenvalue weighted by Crippen LogP contribution is 2.36. The van der Waals surface area contributed by atoms with Crippen molar-refractivity contribution < 1.29 is 14.3 Å². The van der Waals surface area contributed by atoms with Crippen molar-refractivity contribution in [2.24, 2.45) is 0 Å². The molecule has 0 aliphatic carbocycles. The highest BCUT2D eigenvalue weighted by molar-refractivity contribution is 8.00. The van der Waals surface area contributed by atoms with Crippen LogP contribution in [-0.4, -0.2) is 24.2 Å². The zero-order valence-corrected chi connectivity index (χ0v) is 12.9. The quantitative estimate of drug-likeness (QED) is 0.609. The van der Waals surface area contributed by atoms with E-state index in [9.17, 15) is 9.18 Å². The van der Waals surface area contributed by atoms with Crippen molar-refractivity contribution in [2.75, 3.05) is 13.2 Å². The monoisotopic (exact) mass is 319 g/mol. The minimum absolute atomic E-state index is 0.0245. The summed E-state index contributed by atoms with van der Waals surface area (Å²) in [6.07, 6.45) is 0.498. The normalized spacial score (nSPS) is 11.9. The lowest BCUT2D eigenvalue weighted by Gasteiger charge is -2.17. The largest absolute Gasteiger partial charge is 0.396 e. The SMILES string of the molecule is O=C(NCCCO)C(Sc1ccccc1F)c1ccccc1. The van der Waals surface area contributed by atoms with E-state index in [4.69, 9.17) is 5.11 Å². The second-order valence-electron chi connectivity index (χ2n) is 4.71. The molecule has 2 rings (SSSR count). The third kappa shape index (κ3) is 4.58. The molecule has 0 aliphatic rings. The van der Waals surface area contributed by atoms with Crippen LogP contribution >= 0.6 is 11.8 Å². The number of amides is 1. The first kappa shape index (κ1) is 16.5. The fraction of sp³-hybridized carbons (Fsp3) is 0.235. The Labute approximate surface area is 133 Å². The number of halogens is 1. The molecule has 22 heavy (non-hydrogen) atoms. The Kier molecular flexibility index (Phi) is 6.43. The van der Waals surface area contributed by atoms with Crippen LogP contribution in [0.1, 0.15) is 17.2 Å². The summed E-state index contributed by atoms with van der Waals surface area (Å²) in [6.45, 7) is 0.424. The third-order valence-electron chi connectivity index (χ3n) is 3.06. The van der Waals surface area contributed by atoms with Crippen LogP contribution in [0.3, 0.4) is 0 Å². The van der Waals surface area contributed by atoms with Gasteiger partial charge >= 0.3 is 0 Å². The summed E-state index contributed by atoms with van der Waals surface area (Å²) in [5, 5.41) is 11.0. The second-order valence-corrected chi connectivity index (χ2v) is 5.85. The minimum atomic E-state index is -0.531. The van der Waals surface area contributed by atoms with Crippen LogP contribution in [0.2, 0.25) is 0 Å². The second kappa shape index (κ2) is 8.56. The summed E-state index contributed by atoms with van der Waals surface area (Å²) in [6, 6.07) is 15.7. The molecule has 2 aromatic rings. The summed E-state index contributed by atoms with van der Waals surface area (Å²) >= 11 is 1.19. The van der Waals surface area contributed by atoms with Crippen molar-refractivity contribution in [2.45, 2.75) is 16.6 Å². The van der Waals surface area contributed by atoms with E-state index in [0.29, 0.717) is 17.9 Å². The number of carbonyl (C=O) groups is 1. The van der Waals surface area contributed by atoms with E-state index in [0.717, 1.165) is 5.56 Å². The molecule has 0 spiro atoms. The molecule has 3 nitrogen and oxygen atoms in total. The van der Waals surface area contributed by atoms with Crippen molar-refractivity contribution in [1.82, 2.24) is 5.32 Å². The number of thioether (sulfide) groups is 1. The Bertz CT molecular complexity index is 607. The van der Waals surface area contributed by atoms with Crippen molar-refractivity contribution in [3.05, 3.63) is 66.0 Å². The lowest BCUT2D eigenvalue weighted by molar-refractivity contribution is -0.120. The van der Waals surface area contributed by atoms with Crippen LogP contribution in [0.15, 0.2) is 59.5 Å². The van der Waals surface area contributed by atoms with Gasteiger partial charge in [0.1, 0.15) is 11.1 Å². The van der Waals surface area contributed by atoms with E-state index in [1.807, 2.05) is 30.3 Å². The zero-order chi connectivity index (χ0) is 15.8. The standard InChI is InChI=1S/C17H18FNO2S/c18-14-9-4-5-10-15(14)22-16(13-7-2-1-3-8-13)17(21)19-11-6-12-20/h1-5,7-10,16,20H,6,11-12H2,(H,19,21). The van der Waals surface area contributed by atoms with E-state index in [1.54, 1.807) is 18.2 Å². The lowest BCUT2D eigenvalue weighted by atomic mass is 10.1. The smallest absolute Gasteiger partial charge is 0.237 e. The molecule has 0 fully saturated rings. The van der Waals surface area contributed by atoms with Gasteiger partial charge in [0.05, 0.1) is 0 Å². The summed E-state index contributed by atoms with van der Waals surface area (Å²) in [5.74, 6) is -0.524. The van der Waals surface area contributed by atoms with Crippen molar-refractivity contribution in [1.29, 1.82) is 0 Å². The predicted octanol–water partition coefficient (Wildman–Crippen LogP) is 3.16. The van der Waals surface area contributed by atoms with Gasteiger partial charge in [-0.05, 0) is 24.1 Å². The third-order valence-corrected chi connectivity index (χ3v) is 4.36. The number of nitrogens with one attached hydrogen (secondary N) is 1. The van der Waals surface area contributed by atoms with E-state index in [2.05, 4.69) is 5.32 Å². The van der Waals surface area contributed by atoms with Gasteiger partial charge in [-0.2, -0.15) is 0 Å². The van der Waals surface area contributed by atoms with Crippen molar-refractivity contribution in [3.8, 4) is 0 Å². The number of carbonyl (C=O) groups excluding carboxylic acids is 1.